The molecule has 1 aromatic rings. The third kappa shape index (κ3) is 5.11. The first-order valence-electron chi connectivity index (χ1n) is 9.78. The van der Waals surface area contributed by atoms with E-state index < -0.39 is 35.0 Å². The van der Waals surface area contributed by atoms with Crippen LogP contribution in [0.25, 0.3) is 0 Å². The lowest BCUT2D eigenvalue weighted by Gasteiger charge is -2.55. The topological polar surface area (TPSA) is 160 Å². The van der Waals surface area contributed by atoms with Crippen LogP contribution in [0.1, 0.15) is 9.75 Å². The lowest BCUT2D eigenvalue weighted by atomic mass is 9.98. The molecule has 11 nitrogen and oxygen atoms in total. The van der Waals surface area contributed by atoms with Gasteiger partial charge in [0.15, 0.2) is 0 Å². The molecule has 0 unspecified atom stereocenters. The van der Waals surface area contributed by atoms with E-state index in [2.05, 4.69) is 10.6 Å². The summed E-state index contributed by atoms with van der Waals surface area (Å²) in [6.07, 6.45) is -0.724. The molecule has 2 aliphatic heterocycles. The predicted octanol–water partition coefficient (Wildman–Crippen LogP) is 0.427. The van der Waals surface area contributed by atoms with Crippen molar-refractivity contribution in [3.05, 3.63) is 33.2 Å². The van der Waals surface area contributed by atoms with Gasteiger partial charge in [0.1, 0.15) is 17.7 Å². The minimum absolute atomic E-state index is 0.0264. The van der Waals surface area contributed by atoms with Crippen LogP contribution in [0.15, 0.2) is 23.4 Å². The number of nitrogens with zero attached hydrogens (tertiary/aromatic N) is 1. The number of nitrogens with one attached hydrogen (secondary N) is 2. The zero-order valence-electron chi connectivity index (χ0n) is 17.6. The van der Waals surface area contributed by atoms with Gasteiger partial charge in [-0.2, -0.15) is 0 Å². The molecule has 2 atom stereocenters. The number of aliphatic carboxylic acids is 1. The predicted molar refractivity (Wildman–Crippen MR) is 122 cm³/mol. The molecule has 3 amide bonds. The molecule has 0 bridgehead atoms. The smallest absolute Gasteiger partial charge is 0.407 e. The summed E-state index contributed by atoms with van der Waals surface area (Å²) in [6, 6.07) is 3.62. The summed E-state index contributed by atoms with van der Waals surface area (Å²) in [4.78, 5) is 52.0. The quantitative estimate of drug-likeness (QED) is 0.195. The summed E-state index contributed by atoms with van der Waals surface area (Å²) in [5.41, 5.74) is 3.86. The molecule has 3 rings (SSSR count). The Morgan fingerprint density at radius 3 is 2.70 bits per heavy atom. The van der Waals surface area contributed by atoms with E-state index in [1.807, 2.05) is 6.07 Å². The van der Waals surface area contributed by atoms with Crippen molar-refractivity contribution in [3.63, 3.8) is 0 Å². The normalized spacial score (nSPS) is 21.8. The van der Waals surface area contributed by atoms with Crippen LogP contribution in [-0.4, -0.2) is 76.9 Å². The molecule has 3 heterocycles. The summed E-state index contributed by atoms with van der Waals surface area (Å²) >= 11 is 8.09. The Hall–Kier alpha value is -2.32. The number of methoxy groups -OCH3 is 1. The van der Waals surface area contributed by atoms with Crippen molar-refractivity contribution in [3.8, 4) is 0 Å². The molecule has 2 aliphatic rings. The van der Waals surface area contributed by atoms with Gasteiger partial charge in [-0.05, 0) is 12.1 Å². The van der Waals surface area contributed by atoms with Gasteiger partial charge in [-0.1, -0.05) is 0 Å². The summed E-state index contributed by atoms with van der Waals surface area (Å²) in [7, 11) is 1.28. The van der Waals surface area contributed by atoms with Gasteiger partial charge >= 0.3 is 12.1 Å². The van der Waals surface area contributed by atoms with Crippen LogP contribution < -0.4 is 16.4 Å². The monoisotopic (exact) mass is 518 g/mol. The maximum Gasteiger partial charge on any atom is 0.407 e. The van der Waals surface area contributed by atoms with Crippen LogP contribution in [0.4, 0.5) is 4.79 Å². The number of halogens is 1. The zero-order chi connectivity index (χ0) is 24.2. The molecule has 0 aliphatic carbocycles. The Morgan fingerprint density at radius 1 is 1.36 bits per heavy atom. The lowest BCUT2D eigenvalue weighted by Crippen LogP contribution is -2.80. The van der Waals surface area contributed by atoms with Crippen LogP contribution >= 0.6 is 34.7 Å². The minimum Gasteiger partial charge on any atom is -0.477 e. The zero-order valence-corrected chi connectivity index (χ0v) is 20.0. The summed E-state index contributed by atoms with van der Waals surface area (Å²) in [6.45, 7) is 0.250. The van der Waals surface area contributed by atoms with E-state index in [9.17, 15) is 24.3 Å². The van der Waals surface area contributed by atoms with E-state index in [-0.39, 0.29) is 42.5 Å². The maximum atomic E-state index is 13.1. The molecule has 14 heteroatoms. The largest absolute Gasteiger partial charge is 0.477 e. The average molecular weight is 519 g/mol. The number of fused-ring (bicyclic) bond motifs is 1. The van der Waals surface area contributed by atoms with Crippen LogP contribution in [0.5, 0.6) is 0 Å². The number of ether oxygens (including phenoxy) is 2. The van der Waals surface area contributed by atoms with Gasteiger partial charge in [0.05, 0.1) is 6.42 Å². The van der Waals surface area contributed by atoms with Crippen molar-refractivity contribution in [2.45, 2.75) is 24.1 Å². The van der Waals surface area contributed by atoms with Crippen molar-refractivity contribution in [2.75, 3.05) is 31.9 Å². The molecule has 1 fully saturated rings. The number of β-lactam (4-membered cyclic amide) rings is 1. The second kappa shape index (κ2) is 10.7. The number of carboxylic acid groups (broad SMARTS) is 1. The highest BCUT2D eigenvalue weighted by Crippen LogP contribution is 2.46. The third-order valence-corrected chi connectivity index (χ3v) is 7.62. The Labute approximate surface area is 202 Å². The molecule has 1 aromatic heterocycles. The molecule has 33 heavy (non-hydrogen) atoms. The highest BCUT2D eigenvalue weighted by Gasteiger charge is 2.66. The van der Waals surface area contributed by atoms with Gasteiger partial charge in [0.2, 0.25) is 5.91 Å². The third-order valence-electron chi connectivity index (χ3n) is 4.95. The number of amides is 3. The second-order valence-corrected chi connectivity index (χ2v) is 9.72. The number of nitrogens with two attached hydrogens (primary N) is 1. The Balaban J connectivity index is 1.73. The number of alkyl halides is 1. The molecule has 0 aromatic carbocycles. The highest BCUT2D eigenvalue weighted by atomic mass is 35.5. The first kappa shape index (κ1) is 25.3. The van der Waals surface area contributed by atoms with Gasteiger partial charge in [0, 0.05) is 47.2 Å². The number of hydrogen-bond donors (Lipinski definition) is 4. The van der Waals surface area contributed by atoms with Gasteiger partial charge in [-0.25, -0.2) is 9.59 Å². The van der Waals surface area contributed by atoms with Crippen LogP contribution in [0.3, 0.4) is 0 Å². The van der Waals surface area contributed by atoms with E-state index in [0.29, 0.717) is 6.54 Å². The molecule has 0 spiro atoms. The minimum atomic E-state index is -1.69. The van der Waals surface area contributed by atoms with Crippen molar-refractivity contribution in [1.29, 1.82) is 0 Å². The van der Waals surface area contributed by atoms with Crippen molar-refractivity contribution in [2.24, 2.45) is 5.73 Å². The number of carbonyl (C=O) groups excluding carboxylic acids is 3. The SMILES string of the molecule is CO[C@@]1(NC(=O)Cc2ccc(CN)s2)C(=O)N2C(C(=O)O)=C(COC(=O)NCCCl)CS[C@H]21. The van der Waals surface area contributed by atoms with Crippen LogP contribution in [0, 0.1) is 0 Å². The molecule has 1 saturated heterocycles. The fourth-order valence-corrected chi connectivity index (χ4v) is 5.85. The van der Waals surface area contributed by atoms with Gasteiger partial charge in [0.25, 0.3) is 11.6 Å². The standard InChI is InChI=1S/C19H23ClN4O7S2/c1-30-19(23-13(25)6-11-2-3-12(7-21)33-11)16(28)24-14(15(26)27)10(9-32-17(19)24)8-31-18(29)22-5-4-20/h2-3,17H,4-9,21H2,1H3,(H,22,29)(H,23,25)(H,26,27)/t17-,19-/m0/s1. The molecular formula is C19H23ClN4O7S2. The average Bonchev–Trinajstić information content (AvgIpc) is 3.26. The summed E-state index contributed by atoms with van der Waals surface area (Å²) < 4.78 is 10.4. The number of thioether (sulfide) groups is 1. The molecule has 180 valence electrons. The number of rotatable bonds is 10. The van der Waals surface area contributed by atoms with Crippen molar-refractivity contribution in [1.82, 2.24) is 15.5 Å². The molecule has 5 N–H and O–H groups in total. The summed E-state index contributed by atoms with van der Waals surface area (Å²) in [5, 5.41) is 14.0. The van der Waals surface area contributed by atoms with E-state index >= 15 is 0 Å². The van der Waals surface area contributed by atoms with E-state index in [1.54, 1.807) is 6.07 Å². The van der Waals surface area contributed by atoms with E-state index in [0.717, 1.165) is 14.7 Å². The van der Waals surface area contributed by atoms with E-state index in [4.69, 9.17) is 26.8 Å². The lowest BCUT2D eigenvalue weighted by molar-refractivity contribution is -0.192. The first-order chi connectivity index (χ1) is 15.8. The van der Waals surface area contributed by atoms with Crippen LogP contribution in [0.2, 0.25) is 0 Å². The highest BCUT2D eigenvalue weighted by molar-refractivity contribution is 8.00. The number of thiophene rings is 1. The molecule has 0 saturated carbocycles. The number of hydrogen-bond acceptors (Lipinski definition) is 9. The Bertz CT molecular complexity index is 985. The number of carboxylic acids is 1. The fraction of sp³-hybridized carbons (Fsp3) is 0.474. The summed E-state index contributed by atoms with van der Waals surface area (Å²) in [5.74, 6) is -2.15. The van der Waals surface area contributed by atoms with Gasteiger partial charge < -0.3 is 30.9 Å². The van der Waals surface area contributed by atoms with Gasteiger partial charge in [-0.3, -0.25) is 14.5 Å². The van der Waals surface area contributed by atoms with E-state index in [1.165, 1.54) is 30.2 Å². The van der Waals surface area contributed by atoms with Crippen molar-refractivity contribution >= 4 is 58.6 Å². The maximum absolute atomic E-state index is 13.1. The van der Waals surface area contributed by atoms with Crippen molar-refractivity contribution < 1.29 is 33.8 Å². The number of carbonyl (C=O) groups is 4. The van der Waals surface area contributed by atoms with Gasteiger partial charge in [-0.15, -0.1) is 34.7 Å². The number of alkyl carbamates (subject to hydrolysis) is 1. The molecular weight excluding hydrogens is 496 g/mol. The molecule has 0 radical (unpaired) electrons. The fourth-order valence-electron chi connectivity index (χ4n) is 3.44. The second-order valence-electron chi connectivity index (χ2n) is 7.02. The van der Waals surface area contributed by atoms with Crippen LogP contribution in [-0.2, 0) is 36.8 Å². The Morgan fingerprint density at radius 2 is 2.09 bits per heavy atom. The Kier molecular flexibility index (Phi) is 8.23. The first-order valence-corrected chi connectivity index (χ1v) is 12.2.